The Labute approximate surface area is 188 Å². The Morgan fingerprint density at radius 2 is 1.87 bits per heavy atom. The van der Waals surface area contributed by atoms with Crippen molar-refractivity contribution in [1.82, 2.24) is 5.32 Å². The second kappa shape index (κ2) is 11.0. The molecule has 0 spiro atoms. The van der Waals surface area contributed by atoms with Gasteiger partial charge in [-0.3, -0.25) is 4.79 Å². The summed E-state index contributed by atoms with van der Waals surface area (Å²) < 4.78 is 11.7. The number of thioether (sulfide) groups is 1. The number of rotatable bonds is 10. The number of amides is 1. The molecule has 6 heteroatoms. The summed E-state index contributed by atoms with van der Waals surface area (Å²) in [5.41, 5.74) is 3.93. The molecule has 164 valence electrons. The van der Waals surface area contributed by atoms with E-state index in [4.69, 9.17) is 9.47 Å². The molecule has 1 heterocycles. The summed E-state index contributed by atoms with van der Waals surface area (Å²) in [6, 6.07) is 12.2. The van der Waals surface area contributed by atoms with Gasteiger partial charge in [0.1, 0.15) is 0 Å². The molecule has 2 N–H and O–H groups in total. The minimum atomic E-state index is -0.215. The van der Waals surface area contributed by atoms with Crippen LogP contribution in [0.2, 0.25) is 0 Å². The molecule has 1 aliphatic rings. The zero-order valence-corrected chi connectivity index (χ0v) is 19.2. The number of carbonyl (C=O) groups is 1. The van der Waals surface area contributed by atoms with Gasteiger partial charge in [0.25, 0.3) is 5.91 Å². The lowest BCUT2D eigenvalue weighted by molar-refractivity contribution is -0.116. The molecule has 1 saturated heterocycles. The third kappa shape index (κ3) is 5.85. The van der Waals surface area contributed by atoms with Crippen LogP contribution in [0.3, 0.4) is 0 Å². The van der Waals surface area contributed by atoms with Gasteiger partial charge in [-0.15, -0.1) is 6.58 Å². The number of allylic oxidation sites excluding steroid dienone is 1. The van der Waals surface area contributed by atoms with Crippen LogP contribution in [0.1, 0.15) is 37.5 Å². The van der Waals surface area contributed by atoms with E-state index in [9.17, 15) is 4.79 Å². The van der Waals surface area contributed by atoms with E-state index in [0.717, 1.165) is 29.0 Å². The number of carbonyl (C=O) groups excluding carboxylic acids is 1. The van der Waals surface area contributed by atoms with E-state index in [0.29, 0.717) is 30.3 Å². The van der Waals surface area contributed by atoms with Crippen LogP contribution in [0.4, 0.5) is 5.69 Å². The zero-order valence-electron chi connectivity index (χ0n) is 18.4. The van der Waals surface area contributed by atoms with E-state index in [1.165, 1.54) is 17.3 Å². The van der Waals surface area contributed by atoms with Gasteiger partial charge < -0.3 is 20.1 Å². The average Bonchev–Trinajstić information content (AvgIpc) is 3.10. The summed E-state index contributed by atoms with van der Waals surface area (Å²) in [5.74, 6) is 1.33. The fraction of sp³-hybridized carbons (Fsp3) is 0.320. The summed E-state index contributed by atoms with van der Waals surface area (Å²) in [6.45, 7) is 11.0. The molecule has 1 amide bonds. The first-order valence-corrected chi connectivity index (χ1v) is 11.5. The molecule has 0 aliphatic carbocycles. The molecule has 5 nitrogen and oxygen atoms in total. The van der Waals surface area contributed by atoms with Gasteiger partial charge in [0.2, 0.25) is 0 Å². The van der Waals surface area contributed by atoms with Crippen LogP contribution in [0, 0.1) is 0 Å². The highest BCUT2D eigenvalue weighted by Gasteiger charge is 2.27. The summed E-state index contributed by atoms with van der Waals surface area (Å²) in [5, 5.41) is 6.34. The molecule has 2 aromatic carbocycles. The second-order valence-corrected chi connectivity index (χ2v) is 8.19. The first kappa shape index (κ1) is 22.8. The quantitative estimate of drug-likeness (QED) is 0.386. The van der Waals surface area contributed by atoms with Crippen LogP contribution in [0.5, 0.6) is 11.5 Å². The van der Waals surface area contributed by atoms with Crippen molar-refractivity contribution >= 4 is 29.4 Å². The van der Waals surface area contributed by atoms with E-state index in [1.54, 1.807) is 0 Å². The third-order valence-corrected chi connectivity index (χ3v) is 5.82. The Balaban J connectivity index is 1.82. The van der Waals surface area contributed by atoms with Gasteiger partial charge in [-0.05, 0) is 68.2 Å². The highest BCUT2D eigenvalue weighted by Crippen LogP contribution is 2.36. The number of nitrogens with one attached hydrogen (secondary N) is 2. The Kier molecular flexibility index (Phi) is 8.06. The van der Waals surface area contributed by atoms with Crippen molar-refractivity contribution in [2.75, 3.05) is 18.5 Å². The van der Waals surface area contributed by atoms with E-state index in [-0.39, 0.29) is 11.4 Å². The summed E-state index contributed by atoms with van der Waals surface area (Å²) >= 11 is 1.47. The van der Waals surface area contributed by atoms with E-state index < -0.39 is 0 Å². The van der Waals surface area contributed by atoms with Crippen LogP contribution in [0.15, 0.2) is 54.0 Å². The number of anilines is 1. The topological polar surface area (TPSA) is 59.6 Å². The van der Waals surface area contributed by atoms with Crippen molar-refractivity contribution in [3.05, 3.63) is 70.6 Å². The van der Waals surface area contributed by atoms with Gasteiger partial charge in [0.05, 0.1) is 18.1 Å². The second-order valence-electron chi connectivity index (χ2n) is 7.04. The lowest BCUT2D eigenvalue weighted by Crippen LogP contribution is -2.30. The molecule has 0 radical (unpaired) electrons. The Morgan fingerprint density at radius 1 is 1.13 bits per heavy atom. The highest BCUT2D eigenvalue weighted by atomic mass is 32.2. The van der Waals surface area contributed by atoms with Crippen LogP contribution in [-0.2, 0) is 17.6 Å². The van der Waals surface area contributed by atoms with Gasteiger partial charge in [0, 0.05) is 11.3 Å². The predicted octanol–water partition coefficient (Wildman–Crippen LogP) is 5.37. The Morgan fingerprint density at radius 3 is 2.52 bits per heavy atom. The molecular weight excluding hydrogens is 408 g/mol. The molecule has 31 heavy (non-hydrogen) atoms. The third-order valence-electron chi connectivity index (χ3n) is 4.80. The van der Waals surface area contributed by atoms with Crippen LogP contribution in [0.25, 0.3) is 6.08 Å². The van der Waals surface area contributed by atoms with E-state index in [2.05, 4.69) is 36.3 Å². The maximum atomic E-state index is 12.6. The van der Waals surface area contributed by atoms with E-state index >= 15 is 0 Å². The van der Waals surface area contributed by atoms with Crippen LogP contribution < -0.4 is 20.1 Å². The maximum Gasteiger partial charge on any atom is 0.260 e. The number of hydrogen-bond acceptors (Lipinski definition) is 5. The smallest absolute Gasteiger partial charge is 0.260 e. The van der Waals surface area contributed by atoms with Crippen molar-refractivity contribution < 1.29 is 14.3 Å². The number of aryl methyl sites for hydroxylation is 1. The van der Waals surface area contributed by atoms with E-state index in [1.807, 2.05) is 50.3 Å². The molecule has 0 aromatic heterocycles. The fourth-order valence-corrected chi connectivity index (χ4v) is 4.33. The summed E-state index contributed by atoms with van der Waals surface area (Å²) in [7, 11) is 0. The van der Waals surface area contributed by atoms with Gasteiger partial charge in [-0.25, -0.2) is 0 Å². The van der Waals surface area contributed by atoms with Gasteiger partial charge in [-0.2, -0.15) is 0 Å². The molecule has 0 saturated carbocycles. The number of benzene rings is 2. The molecule has 1 fully saturated rings. The molecular formula is C25H30N2O3S. The van der Waals surface area contributed by atoms with Gasteiger partial charge >= 0.3 is 0 Å². The molecule has 1 aliphatic heterocycles. The lowest BCUT2D eigenvalue weighted by atomic mass is 10.0. The Hall–Kier alpha value is -2.86. The molecule has 0 bridgehead atoms. The van der Waals surface area contributed by atoms with Crippen molar-refractivity contribution in [1.29, 1.82) is 0 Å². The predicted molar refractivity (Wildman–Crippen MR) is 130 cm³/mol. The highest BCUT2D eigenvalue weighted by molar-refractivity contribution is 8.05. The van der Waals surface area contributed by atoms with Crippen LogP contribution in [-0.4, -0.2) is 24.6 Å². The SMILES string of the molecule is C=CCc1cc(/C=C2\S[C@H](Nc3ccc(CC)cc3)NC2=O)cc(OCC)c1OCC. The number of ether oxygens (including phenoxy) is 2. The average molecular weight is 439 g/mol. The van der Waals surface area contributed by atoms with Gasteiger partial charge in [0.15, 0.2) is 17.0 Å². The minimum absolute atomic E-state index is 0.0928. The zero-order chi connectivity index (χ0) is 22.2. The standard InChI is InChI=1S/C25H30N2O3S/c1-5-9-19-14-18(15-21(29-7-3)23(19)30-8-4)16-22-24(28)27-25(31-22)26-20-12-10-17(6-2)11-13-20/h5,10-16,25-26H,1,6-9H2,2-4H3,(H,27,28)/b22-16-/t25-/m1/s1. The van der Waals surface area contributed by atoms with Gasteiger partial charge in [-0.1, -0.05) is 36.9 Å². The van der Waals surface area contributed by atoms with Crippen LogP contribution >= 0.6 is 11.8 Å². The fourth-order valence-electron chi connectivity index (χ4n) is 3.35. The Bertz CT molecular complexity index is 954. The summed E-state index contributed by atoms with van der Waals surface area (Å²) in [6.07, 6.45) is 5.39. The van der Waals surface area contributed by atoms with Crippen molar-refractivity contribution in [3.63, 3.8) is 0 Å². The first-order chi connectivity index (χ1) is 15.1. The molecule has 0 unspecified atom stereocenters. The number of hydrogen-bond donors (Lipinski definition) is 2. The minimum Gasteiger partial charge on any atom is -0.490 e. The van der Waals surface area contributed by atoms with Crippen molar-refractivity contribution in [3.8, 4) is 11.5 Å². The summed E-state index contributed by atoms with van der Waals surface area (Å²) in [4.78, 5) is 13.2. The molecule has 2 aromatic rings. The normalized spacial score (nSPS) is 16.8. The lowest BCUT2D eigenvalue weighted by Gasteiger charge is -2.16. The van der Waals surface area contributed by atoms with Crippen molar-refractivity contribution in [2.45, 2.75) is 39.1 Å². The molecule has 3 rings (SSSR count). The van der Waals surface area contributed by atoms with Crippen molar-refractivity contribution in [2.24, 2.45) is 0 Å². The maximum absolute atomic E-state index is 12.6. The molecule has 1 atom stereocenters. The largest absolute Gasteiger partial charge is 0.490 e. The first-order valence-electron chi connectivity index (χ1n) is 10.7. The monoisotopic (exact) mass is 438 g/mol.